The molecule has 0 bridgehead atoms. The SMILES string of the molecule is O=C(c1cccc(C2(O)CCCC2)c1Cl)c1cccc(C2(O)CCCC2)c1Cl. The lowest BCUT2D eigenvalue weighted by Crippen LogP contribution is -2.23. The molecule has 28 heavy (non-hydrogen) atoms. The monoisotopic (exact) mass is 418 g/mol. The van der Waals surface area contributed by atoms with Crippen LogP contribution in [-0.2, 0) is 11.2 Å². The molecule has 5 heteroatoms. The summed E-state index contributed by atoms with van der Waals surface area (Å²) in [4.78, 5) is 13.3. The van der Waals surface area contributed by atoms with Crippen molar-refractivity contribution in [3.8, 4) is 0 Å². The summed E-state index contributed by atoms with van der Waals surface area (Å²) in [5.74, 6) is -0.290. The van der Waals surface area contributed by atoms with Crippen molar-refractivity contribution in [2.24, 2.45) is 0 Å². The van der Waals surface area contributed by atoms with Gasteiger partial charge >= 0.3 is 0 Å². The van der Waals surface area contributed by atoms with Crippen LogP contribution in [0.4, 0.5) is 0 Å². The van der Waals surface area contributed by atoms with Crippen LogP contribution < -0.4 is 0 Å². The van der Waals surface area contributed by atoms with Crippen LogP contribution in [-0.4, -0.2) is 16.0 Å². The summed E-state index contributed by atoms with van der Waals surface area (Å²) in [5, 5.41) is 22.5. The van der Waals surface area contributed by atoms with Crippen molar-refractivity contribution >= 4 is 29.0 Å². The zero-order chi connectivity index (χ0) is 19.9. The van der Waals surface area contributed by atoms with Gasteiger partial charge in [0.15, 0.2) is 5.78 Å². The molecular formula is C23H24Cl2O3. The van der Waals surface area contributed by atoms with Crippen molar-refractivity contribution in [2.45, 2.75) is 62.6 Å². The molecule has 4 rings (SSSR count). The Balaban J connectivity index is 1.75. The molecular weight excluding hydrogens is 395 g/mol. The van der Waals surface area contributed by atoms with Crippen LogP contribution in [0.5, 0.6) is 0 Å². The summed E-state index contributed by atoms with van der Waals surface area (Å²) in [6.07, 6.45) is 6.35. The lowest BCUT2D eigenvalue weighted by atomic mass is 9.87. The van der Waals surface area contributed by atoms with E-state index in [1.54, 1.807) is 36.4 Å². The summed E-state index contributed by atoms with van der Waals surface area (Å²) in [7, 11) is 0. The fourth-order valence-corrected chi connectivity index (χ4v) is 5.51. The van der Waals surface area contributed by atoms with Gasteiger partial charge < -0.3 is 10.2 Å². The zero-order valence-corrected chi connectivity index (χ0v) is 17.2. The number of hydrogen-bond donors (Lipinski definition) is 2. The van der Waals surface area contributed by atoms with Gasteiger partial charge in [0, 0.05) is 22.3 Å². The quantitative estimate of drug-likeness (QED) is 0.621. The summed E-state index contributed by atoms with van der Waals surface area (Å²) in [5.41, 5.74) is -0.0666. The van der Waals surface area contributed by atoms with Gasteiger partial charge in [0.2, 0.25) is 0 Å². The maximum absolute atomic E-state index is 13.3. The lowest BCUT2D eigenvalue weighted by Gasteiger charge is -2.26. The van der Waals surface area contributed by atoms with Crippen molar-refractivity contribution < 1.29 is 15.0 Å². The number of ketones is 1. The van der Waals surface area contributed by atoms with E-state index in [-0.39, 0.29) is 15.8 Å². The number of rotatable bonds is 4. The summed E-state index contributed by atoms with van der Waals surface area (Å²) in [6, 6.07) is 10.4. The number of halogens is 2. The smallest absolute Gasteiger partial charge is 0.196 e. The van der Waals surface area contributed by atoms with E-state index in [0.29, 0.717) is 47.9 Å². The molecule has 2 aromatic rings. The number of benzene rings is 2. The van der Waals surface area contributed by atoms with E-state index in [4.69, 9.17) is 23.2 Å². The molecule has 0 atom stereocenters. The third-order valence-corrected chi connectivity index (χ3v) is 7.17. The van der Waals surface area contributed by atoms with Gasteiger partial charge in [0.1, 0.15) is 0 Å². The maximum Gasteiger partial charge on any atom is 0.196 e. The highest BCUT2D eigenvalue weighted by atomic mass is 35.5. The number of aliphatic hydroxyl groups is 2. The second kappa shape index (κ2) is 7.46. The van der Waals surface area contributed by atoms with Crippen LogP contribution in [0, 0.1) is 0 Å². The van der Waals surface area contributed by atoms with Crippen LogP contribution in [0.15, 0.2) is 36.4 Å². The van der Waals surface area contributed by atoms with E-state index < -0.39 is 11.2 Å². The van der Waals surface area contributed by atoms with Crippen molar-refractivity contribution in [3.05, 3.63) is 68.7 Å². The Hall–Kier alpha value is -1.39. The van der Waals surface area contributed by atoms with E-state index in [1.807, 2.05) is 0 Å². The fourth-order valence-electron chi connectivity index (χ4n) is 4.74. The zero-order valence-electron chi connectivity index (χ0n) is 15.7. The van der Waals surface area contributed by atoms with Crippen molar-refractivity contribution in [2.75, 3.05) is 0 Å². The van der Waals surface area contributed by atoms with Gasteiger partial charge in [0.25, 0.3) is 0 Å². The van der Waals surface area contributed by atoms with Crippen LogP contribution in [0.1, 0.15) is 78.4 Å². The van der Waals surface area contributed by atoms with E-state index in [1.165, 1.54) is 0 Å². The Kier molecular flexibility index (Phi) is 5.30. The molecule has 2 aromatic carbocycles. The Bertz CT molecular complexity index is 837. The topological polar surface area (TPSA) is 57.5 Å². The number of carbonyl (C=O) groups is 1. The number of hydrogen-bond acceptors (Lipinski definition) is 3. The molecule has 0 radical (unpaired) electrons. The normalized spacial score (nSPS) is 20.4. The Morgan fingerprint density at radius 1 is 0.714 bits per heavy atom. The molecule has 0 unspecified atom stereocenters. The first-order chi connectivity index (χ1) is 13.4. The Labute approximate surface area is 175 Å². The molecule has 0 heterocycles. The van der Waals surface area contributed by atoms with E-state index in [0.717, 1.165) is 25.7 Å². The van der Waals surface area contributed by atoms with Gasteiger partial charge in [-0.25, -0.2) is 0 Å². The molecule has 3 nitrogen and oxygen atoms in total. The van der Waals surface area contributed by atoms with E-state index >= 15 is 0 Å². The van der Waals surface area contributed by atoms with Crippen LogP contribution in [0.3, 0.4) is 0 Å². The van der Waals surface area contributed by atoms with Crippen LogP contribution in [0.2, 0.25) is 10.0 Å². The molecule has 2 N–H and O–H groups in total. The third kappa shape index (κ3) is 3.29. The second-order valence-electron chi connectivity index (χ2n) is 8.14. The number of carbonyl (C=O) groups excluding carboxylic acids is 1. The minimum atomic E-state index is -0.974. The third-order valence-electron chi connectivity index (χ3n) is 6.35. The highest BCUT2D eigenvalue weighted by molar-refractivity contribution is 6.39. The Morgan fingerprint density at radius 3 is 1.43 bits per heavy atom. The fraction of sp³-hybridized carbons (Fsp3) is 0.435. The van der Waals surface area contributed by atoms with Crippen molar-refractivity contribution in [1.82, 2.24) is 0 Å². The average Bonchev–Trinajstić information content (AvgIpc) is 3.31. The van der Waals surface area contributed by atoms with E-state index in [9.17, 15) is 15.0 Å². The van der Waals surface area contributed by atoms with Gasteiger partial charge in [-0.3, -0.25) is 4.79 Å². The minimum Gasteiger partial charge on any atom is -0.385 e. The van der Waals surface area contributed by atoms with Gasteiger partial charge in [-0.1, -0.05) is 73.2 Å². The van der Waals surface area contributed by atoms with Crippen molar-refractivity contribution in [3.63, 3.8) is 0 Å². The summed E-state index contributed by atoms with van der Waals surface area (Å²) < 4.78 is 0. The maximum atomic E-state index is 13.3. The molecule has 148 valence electrons. The highest BCUT2D eigenvalue weighted by Gasteiger charge is 2.37. The first-order valence-electron chi connectivity index (χ1n) is 9.93. The van der Waals surface area contributed by atoms with Crippen molar-refractivity contribution in [1.29, 1.82) is 0 Å². The molecule has 2 aliphatic rings. The van der Waals surface area contributed by atoms with Crippen LogP contribution in [0.25, 0.3) is 0 Å². The predicted octanol–water partition coefficient (Wildman–Crippen LogP) is 5.75. The summed E-state index contributed by atoms with van der Waals surface area (Å²) in [6.45, 7) is 0. The summed E-state index contributed by atoms with van der Waals surface area (Å²) >= 11 is 13.2. The predicted molar refractivity (Wildman–Crippen MR) is 111 cm³/mol. The molecule has 2 saturated carbocycles. The molecule has 0 aliphatic heterocycles. The molecule has 0 saturated heterocycles. The molecule has 0 spiro atoms. The second-order valence-corrected chi connectivity index (χ2v) is 8.90. The van der Waals surface area contributed by atoms with Gasteiger partial charge in [-0.15, -0.1) is 0 Å². The minimum absolute atomic E-state index is 0.290. The molecule has 2 aliphatic carbocycles. The highest BCUT2D eigenvalue weighted by Crippen LogP contribution is 2.44. The first kappa shape index (κ1) is 19.9. The van der Waals surface area contributed by atoms with Crippen LogP contribution >= 0.6 is 23.2 Å². The molecule has 0 aromatic heterocycles. The van der Waals surface area contributed by atoms with Gasteiger partial charge in [-0.05, 0) is 37.8 Å². The lowest BCUT2D eigenvalue weighted by molar-refractivity contribution is 0.0442. The standard InChI is InChI=1S/C23H24Cl2O3/c24-19-15(7-5-9-17(19)22(27)11-1-2-12-22)21(26)16-8-6-10-18(20(16)25)23(28)13-3-4-14-23/h5-10,27-28H,1-4,11-14H2. The van der Waals surface area contributed by atoms with Gasteiger partial charge in [-0.2, -0.15) is 0 Å². The average molecular weight is 419 g/mol. The Morgan fingerprint density at radius 2 is 1.07 bits per heavy atom. The largest absolute Gasteiger partial charge is 0.385 e. The first-order valence-corrected chi connectivity index (χ1v) is 10.7. The van der Waals surface area contributed by atoms with E-state index in [2.05, 4.69) is 0 Å². The molecule has 2 fully saturated rings. The molecule has 0 amide bonds. The van der Waals surface area contributed by atoms with Gasteiger partial charge in [0.05, 0.1) is 21.2 Å².